The van der Waals surface area contributed by atoms with Gasteiger partial charge < -0.3 is 9.64 Å². The van der Waals surface area contributed by atoms with Crippen molar-refractivity contribution in [3.05, 3.63) is 16.9 Å². The maximum absolute atomic E-state index is 12.4. The van der Waals surface area contributed by atoms with Gasteiger partial charge in [0, 0.05) is 24.5 Å². The van der Waals surface area contributed by atoms with Gasteiger partial charge in [0.05, 0.1) is 10.8 Å². The summed E-state index contributed by atoms with van der Waals surface area (Å²) in [5.41, 5.74) is 0.180. The molecular weight excluding hydrogens is 338 g/mol. The maximum Gasteiger partial charge on any atom is 0.410 e. The van der Waals surface area contributed by atoms with Crippen LogP contribution in [0.2, 0.25) is 5.15 Å². The number of aryl methyl sites for hydroxylation is 1. The summed E-state index contributed by atoms with van der Waals surface area (Å²) in [6.45, 7) is 8.46. The molecule has 2 unspecified atom stereocenters. The summed E-state index contributed by atoms with van der Waals surface area (Å²) in [6.07, 6.45) is 0.477. The molecule has 0 radical (unpaired) electrons. The van der Waals surface area contributed by atoms with Crippen LogP contribution in [-0.4, -0.2) is 49.6 Å². The molecule has 1 saturated heterocycles. The Morgan fingerprint density at radius 1 is 1.48 bits per heavy atom. The number of likely N-dealkylation sites (tertiary alicyclic amines) is 1. The van der Waals surface area contributed by atoms with Crippen LogP contribution in [0.15, 0.2) is 11.2 Å². The first kappa shape index (κ1) is 18.1. The minimum atomic E-state index is -1.33. The van der Waals surface area contributed by atoms with Crippen molar-refractivity contribution >= 4 is 28.5 Å². The van der Waals surface area contributed by atoms with Gasteiger partial charge in [-0.25, -0.2) is 14.8 Å². The molecular formula is C15H22ClN3O3S. The first-order valence-electron chi connectivity index (χ1n) is 7.51. The largest absolute Gasteiger partial charge is 0.444 e. The fourth-order valence-electron chi connectivity index (χ4n) is 2.36. The third-order valence-corrected chi connectivity index (χ3v) is 4.89. The lowest BCUT2D eigenvalue weighted by molar-refractivity contribution is 0.0289. The second-order valence-corrected chi connectivity index (χ2v) is 8.48. The summed E-state index contributed by atoms with van der Waals surface area (Å²) in [5.74, 6) is 0.560. The first-order valence-corrected chi connectivity index (χ1v) is 9.21. The number of hydrogen-bond acceptors (Lipinski definition) is 5. The molecule has 1 aliphatic rings. The van der Waals surface area contributed by atoms with Crippen molar-refractivity contribution < 1.29 is 13.7 Å². The SMILES string of the molecule is Cc1cc(Cl)nc(S(=O)CC2CCN(C(=O)OC(C)(C)C)C2)n1. The van der Waals surface area contributed by atoms with E-state index in [2.05, 4.69) is 9.97 Å². The average Bonchev–Trinajstić information content (AvgIpc) is 2.84. The van der Waals surface area contributed by atoms with Crippen molar-refractivity contribution in [2.45, 2.75) is 44.9 Å². The Labute approximate surface area is 144 Å². The zero-order valence-corrected chi connectivity index (χ0v) is 15.4. The molecule has 0 aromatic carbocycles. The number of nitrogens with zero attached hydrogens (tertiary/aromatic N) is 3. The highest BCUT2D eigenvalue weighted by molar-refractivity contribution is 7.84. The van der Waals surface area contributed by atoms with E-state index in [4.69, 9.17) is 16.3 Å². The monoisotopic (exact) mass is 359 g/mol. The van der Waals surface area contributed by atoms with Gasteiger partial charge in [0.15, 0.2) is 0 Å². The molecule has 6 nitrogen and oxygen atoms in total. The minimum Gasteiger partial charge on any atom is -0.444 e. The molecule has 1 aromatic rings. The third kappa shape index (κ3) is 5.42. The van der Waals surface area contributed by atoms with E-state index in [1.165, 1.54) is 0 Å². The maximum atomic E-state index is 12.4. The Morgan fingerprint density at radius 3 is 2.78 bits per heavy atom. The van der Waals surface area contributed by atoms with E-state index < -0.39 is 16.4 Å². The Hall–Kier alpha value is -1.21. The molecule has 2 atom stereocenters. The van der Waals surface area contributed by atoms with Crippen molar-refractivity contribution in [1.29, 1.82) is 0 Å². The van der Waals surface area contributed by atoms with Crippen LogP contribution in [-0.2, 0) is 15.5 Å². The van der Waals surface area contributed by atoms with Gasteiger partial charge in [-0.05, 0) is 46.1 Å². The molecule has 23 heavy (non-hydrogen) atoms. The van der Waals surface area contributed by atoms with Crippen molar-refractivity contribution in [3.63, 3.8) is 0 Å². The molecule has 0 bridgehead atoms. The van der Waals surface area contributed by atoms with Gasteiger partial charge in [-0.2, -0.15) is 0 Å². The molecule has 0 aliphatic carbocycles. The minimum absolute atomic E-state index is 0.145. The molecule has 128 valence electrons. The number of carbonyl (C=O) groups is 1. The summed E-state index contributed by atoms with van der Waals surface area (Å²) >= 11 is 5.88. The second kappa shape index (κ2) is 7.13. The Kier molecular flexibility index (Phi) is 5.62. The molecule has 0 N–H and O–H groups in total. The zero-order valence-electron chi connectivity index (χ0n) is 13.8. The number of ether oxygens (including phenoxy) is 1. The predicted molar refractivity (Wildman–Crippen MR) is 89.0 cm³/mol. The van der Waals surface area contributed by atoms with Gasteiger partial charge in [0.2, 0.25) is 5.16 Å². The van der Waals surface area contributed by atoms with Gasteiger partial charge in [0.25, 0.3) is 0 Å². The highest BCUT2D eigenvalue weighted by atomic mass is 35.5. The quantitative estimate of drug-likeness (QED) is 0.613. The predicted octanol–water partition coefficient (Wildman–Crippen LogP) is 2.80. The lowest BCUT2D eigenvalue weighted by Crippen LogP contribution is -2.35. The summed E-state index contributed by atoms with van der Waals surface area (Å²) in [7, 11) is -1.33. The van der Waals surface area contributed by atoms with Crippen LogP contribution in [0.4, 0.5) is 4.79 Å². The second-order valence-electron chi connectivity index (χ2n) is 6.71. The number of halogens is 1. The lowest BCUT2D eigenvalue weighted by Gasteiger charge is -2.24. The standard InChI is InChI=1S/C15H22ClN3O3S/c1-10-7-12(16)18-13(17-10)23(21)9-11-5-6-19(8-11)14(20)22-15(2,3)4/h7,11H,5-6,8-9H2,1-4H3. The topological polar surface area (TPSA) is 72.4 Å². The number of rotatable bonds is 3. The van der Waals surface area contributed by atoms with Crippen LogP contribution in [0.1, 0.15) is 32.9 Å². The van der Waals surface area contributed by atoms with E-state index in [0.29, 0.717) is 29.7 Å². The van der Waals surface area contributed by atoms with Crippen molar-refractivity contribution in [2.24, 2.45) is 5.92 Å². The van der Waals surface area contributed by atoms with Crippen LogP contribution in [0.5, 0.6) is 0 Å². The van der Waals surface area contributed by atoms with Gasteiger partial charge >= 0.3 is 6.09 Å². The van der Waals surface area contributed by atoms with E-state index in [1.54, 1.807) is 17.9 Å². The Balaban J connectivity index is 1.92. The number of aromatic nitrogens is 2. The van der Waals surface area contributed by atoms with Crippen molar-refractivity contribution in [2.75, 3.05) is 18.8 Å². The molecule has 0 saturated carbocycles. The molecule has 8 heteroatoms. The summed E-state index contributed by atoms with van der Waals surface area (Å²) in [6, 6.07) is 1.63. The molecule has 0 spiro atoms. The molecule has 1 fully saturated rings. The van der Waals surface area contributed by atoms with Crippen molar-refractivity contribution in [1.82, 2.24) is 14.9 Å². The van der Waals surface area contributed by atoms with Crippen LogP contribution < -0.4 is 0 Å². The molecule has 1 aliphatic heterocycles. The summed E-state index contributed by atoms with van der Waals surface area (Å²) in [4.78, 5) is 21.9. The Morgan fingerprint density at radius 2 is 2.17 bits per heavy atom. The molecule has 2 heterocycles. The van der Waals surface area contributed by atoms with E-state index in [0.717, 1.165) is 6.42 Å². The highest BCUT2D eigenvalue weighted by Gasteiger charge is 2.31. The third-order valence-electron chi connectivity index (χ3n) is 3.33. The fraction of sp³-hybridized carbons (Fsp3) is 0.667. The van der Waals surface area contributed by atoms with Gasteiger partial charge in [-0.1, -0.05) is 11.6 Å². The van der Waals surface area contributed by atoms with Gasteiger partial charge in [-0.15, -0.1) is 0 Å². The fourth-order valence-corrected chi connectivity index (χ4v) is 3.94. The summed E-state index contributed by atoms with van der Waals surface area (Å²) < 4.78 is 17.8. The van der Waals surface area contributed by atoms with E-state index in [9.17, 15) is 9.00 Å². The summed E-state index contributed by atoms with van der Waals surface area (Å²) in [5, 5.41) is 0.549. The van der Waals surface area contributed by atoms with E-state index in [1.807, 2.05) is 20.8 Å². The average molecular weight is 360 g/mol. The highest BCUT2D eigenvalue weighted by Crippen LogP contribution is 2.21. The molecule has 2 rings (SSSR count). The normalized spacial score (nSPS) is 19.7. The Bertz CT molecular complexity index is 598. The van der Waals surface area contributed by atoms with E-state index >= 15 is 0 Å². The van der Waals surface area contributed by atoms with Crippen LogP contribution in [0, 0.1) is 12.8 Å². The van der Waals surface area contributed by atoms with Gasteiger partial charge in [0.1, 0.15) is 10.8 Å². The smallest absolute Gasteiger partial charge is 0.410 e. The zero-order chi connectivity index (χ0) is 17.2. The van der Waals surface area contributed by atoms with Crippen LogP contribution >= 0.6 is 11.6 Å². The van der Waals surface area contributed by atoms with Gasteiger partial charge in [-0.3, -0.25) is 4.21 Å². The number of carbonyl (C=O) groups excluding carboxylic acids is 1. The van der Waals surface area contributed by atoms with E-state index in [-0.39, 0.29) is 17.2 Å². The number of hydrogen-bond donors (Lipinski definition) is 0. The molecule has 1 amide bonds. The lowest BCUT2D eigenvalue weighted by atomic mass is 10.2. The number of amides is 1. The molecule has 1 aromatic heterocycles. The first-order chi connectivity index (χ1) is 10.6. The van der Waals surface area contributed by atoms with Crippen LogP contribution in [0.25, 0.3) is 0 Å². The van der Waals surface area contributed by atoms with Crippen LogP contribution in [0.3, 0.4) is 0 Å². The van der Waals surface area contributed by atoms with Crippen molar-refractivity contribution in [3.8, 4) is 0 Å².